The number of carbonyl (C=O) groups is 1. The van der Waals surface area contributed by atoms with Gasteiger partial charge in [-0.25, -0.2) is 22.5 Å². The Morgan fingerprint density at radius 2 is 1.85 bits per heavy atom. The Balaban J connectivity index is 1.29. The minimum atomic E-state index is -3.41. The maximum absolute atomic E-state index is 15.2. The third kappa shape index (κ3) is 5.18. The predicted molar refractivity (Wildman–Crippen MR) is 154 cm³/mol. The molecule has 0 saturated heterocycles. The Bertz CT molecular complexity index is 1950. The lowest BCUT2D eigenvalue weighted by molar-refractivity contribution is -0.123. The minimum absolute atomic E-state index is 0.0851. The number of hydrogen-bond donors (Lipinski definition) is 2. The number of fused-ring (bicyclic) bond motifs is 4. The van der Waals surface area contributed by atoms with Crippen LogP contribution in [0.5, 0.6) is 0 Å². The monoisotopic (exact) mass is 639 g/mol. The second-order valence-electron chi connectivity index (χ2n) is 12.1. The van der Waals surface area contributed by atoms with Crippen molar-refractivity contribution in [3.8, 4) is 11.1 Å². The maximum atomic E-state index is 15.2. The van der Waals surface area contributed by atoms with Gasteiger partial charge in [-0.2, -0.15) is 19.0 Å². The van der Waals surface area contributed by atoms with E-state index in [1.165, 1.54) is 6.20 Å². The summed E-state index contributed by atoms with van der Waals surface area (Å²) < 4.78 is 87.1. The van der Waals surface area contributed by atoms with Gasteiger partial charge in [-0.3, -0.25) is 19.6 Å². The highest BCUT2D eigenvalue weighted by Gasteiger charge is 2.67. The molecule has 0 bridgehead atoms. The first kappa shape index (κ1) is 29.9. The van der Waals surface area contributed by atoms with Crippen LogP contribution in [0.3, 0.4) is 0 Å². The molecule has 1 amide bonds. The topological polar surface area (TPSA) is 101 Å². The van der Waals surface area contributed by atoms with Gasteiger partial charge < -0.3 is 5.32 Å². The van der Waals surface area contributed by atoms with E-state index < -0.39 is 65.7 Å². The van der Waals surface area contributed by atoms with Crippen LogP contribution in [-0.4, -0.2) is 35.9 Å². The molecule has 2 aliphatic carbocycles. The first-order valence-electron chi connectivity index (χ1n) is 14.7. The number of pyridine rings is 2. The summed E-state index contributed by atoms with van der Waals surface area (Å²) in [4.78, 5) is 22.8. The van der Waals surface area contributed by atoms with Crippen LogP contribution in [0.15, 0.2) is 48.8 Å². The smallest absolute Gasteiger partial charge is 0.293 e. The molecule has 0 unspecified atom stereocenters. The molecule has 0 aliphatic heterocycles. The molecule has 4 aromatic heterocycles. The van der Waals surface area contributed by atoms with Crippen LogP contribution < -0.4 is 5.32 Å². The molecule has 1 fully saturated rings. The van der Waals surface area contributed by atoms with Crippen molar-refractivity contribution in [3.63, 3.8) is 0 Å². The Labute approximate surface area is 258 Å². The lowest BCUT2D eigenvalue weighted by Crippen LogP contribution is -2.35. The van der Waals surface area contributed by atoms with Crippen LogP contribution in [-0.2, 0) is 23.7 Å². The number of rotatable bonds is 9. The van der Waals surface area contributed by atoms with Crippen LogP contribution in [0.1, 0.15) is 78.5 Å². The molecular weight excluding hydrogens is 612 g/mol. The highest BCUT2D eigenvalue weighted by Crippen LogP contribution is 2.68. The Kier molecular flexibility index (Phi) is 7.13. The summed E-state index contributed by atoms with van der Waals surface area (Å²) in [6.45, 7) is 3.20. The zero-order chi connectivity index (χ0) is 32.5. The van der Waals surface area contributed by atoms with Crippen LogP contribution >= 0.6 is 0 Å². The van der Waals surface area contributed by atoms with E-state index in [0.29, 0.717) is 32.9 Å². The Morgan fingerprint density at radius 3 is 2.52 bits per heavy atom. The SMILES string of the molecule is CC(C)c1ccc(-c2cc3[nH]ncc3nc2[C@H](Cc2cc(F)cc(F)c2)NC(=O)Cn2nc(C(F)F)c3c2C(F)(F)[C@@H]2C[C@H]32)cn1. The van der Waals surface area contributed by atoms with Gasteiger partial charge in [0.15, 0.2) is 0 Å². The quantitative estimate of drug-likeness (QED) is 0.172. The van der Waals surface area contributed by atoms with Gasteiger partial charge in [-0.15, -0.1) is 0 Å². The first-order valence-corrected chi connectivity index (χ1v) is 14.7. The summed E-state index contributed by atoms with van der Waals surface area (Å²) >= 11 is 0. The summed E-state index contributed by atoms with van der Waals surface area (Å²) in [7, 11) is 0. The van der Waals surface area contributed by atoms with Crippen LogP contribution in [0.25, 0.3) is 22.2 Å². The first-order chi connectivity index (χ1) is 21.9. The van der Waals surface area contributed by atoms with Crippen molar-refractivity contribution in [2.75, 3.05) is 0 Å². The predicted octanol–water partition coefficient (Wildman–Crippen LogP) is 6.86. The average molecular weight is 640 g/mol. The molecule has 238 valence electrons. The summed E-state index contributed by atoms with van der Waals surface area (Å²) in [5.74, 6) is -7.56. The number of hydrogen-bond acceptors (Lipinski definition) is 5. The van der Waals surface area contributed by atoms with Gasteiger partial charge in [-0.1, -0.05) is 19.9 Å². The molecule has 2 aliphatic rings. The van der Waals surface area contributed by atoms with Gasteiger partial charge >= 0.3 is 0 Å². The molecule has 46 heavy (non-hydrogen) atoms. The molecule has 3 atom stereocenters. The largest absolute Gasteiger partial charge is 0.346 e. The van der Waals surface area contributed by atoms with Gasteiger partial charge in [0.25, 0.3) is 12.3 Å². The van der Waals surface area contributed by atoms with E-state index in [2.05, 4.69) is 25.6 Å². The van der Waals surface area contributed by atoms with Crippen molar-refractivity contribution in [1.29, 1.82) is 0 Å². The minimum Gasteiger partial charge on any atom is -0.346 e. The zero-order valence-electron chi connectivity index (χ0n) is 24.5. The molecule has 0 radical (unpaired) electrons. The highest BCUT2D eigenvalue weighted by atomic mass is 19.3. The number of H-pyrrole nitrogens is 1. The second kappa shape index (κ2) is 11.0. The Morgan fingerprint density at radius 1 is 1.09 bits per heavy atom. The van der Waals surface area contributed by atoms with Gasteiger partial charge in [0.1, 0.15) is 35.1 Å². The molecule has 8 nitrogen and oxygen atoms in total. The lowest BCUT2D eigenvalue weighted by Gasteiger charge is -2.23. The molecule has 1 aromatic carbocycles. The van der Waals surface area contributed by atoms with E-state index in [1.807, 2.05) is 26.0 Å². The summed E-state index contributed by atoms with van der Waals surface area (Å²) in [6.07, 6.45) is -0.0444. The number of nitrogens with zero attached hydrogens (tertiary/aromatic N) is 5. The highest BCUT2D eigenvalue weighted by molar-refractivity contribution is 5.83. The number of nitrogens with one attached hydrogen (secondary N) is 2. The molecule has 5 aromatic rings. The lowest BCUT2D eigenvalue weighted by atomic mass is 9.95. The van der Waals surface area contributed by atoms with Crippen LogP contribution in [0, 0.1) is 17.6 Å². The summed E-state index contributed by atoms with van der Waals surface area (Å²) in [6, 6.07) is 7.31. The van der Waals surface area contributed by atoms with Crippen molar-refractivity contribution in [3.05, 3.63) is 94.3 Å². The van der Waals surface area contributed by atoms with E-state index in [9.17, 15) is 22.4 Å². The van der Waals surface area contributed by atoms with Gasteiger partial charge in [-0.05, 0) is 54.5 Å². The standard InChI is InChI=1S/C32H27F6N7O/c1-14(2)22-4-3-16(11-39-22)19-10-23-25(12-40-43-23)42-28(19)24(7-15-5-17(33)8-18(34)6-15)41-26(46)13-45-30-27(29(44-45)31(35)36)20-9-21(20)32(30,37)38/h3-6,8,10-12,14,20-21,24,31H,7,9,13H2,1-2H3,(H,40,43)(H,41,46)/t20-,21+,24-/m0/s1. The third-order valence-corrected chi connectivity index (χ3v) is 8.63. The third-order valence-electron chi connectivity index (χ3n) is 8.63. The normalized spacial score (nSPS) is 18.7. The fourth-order valence-corrected chi connectivity index (χ4v) is 6.43. The van der Waals surface area contributed by atoms with E-state index >= 15 is 8.78 Å². The number of aromatic amines is 1. The second-order valence-corrected chi connectivity index (χ2v) is 12.1. The maximum Gasteiger partial charge on any atom is 0.293 e. The molecule has 4 heterocycles. The number of alkyl halides is 4. The van der Waals surface area contributed by atoms with Crippen molar-refractivity contribution >= 4 is 16.9 Å². The number of aromatic nitrogens is 6. The number of amides is 1. The van der Waals surface area contributed by atoms with Crippen LogP contribution in [0.4, 0.5) is 26.3 Å². The van der Waals surface area contributed by atoms with E-state index in [-0.39, 0.29) is 35.6 Å². The zero-order valence-corrected chi connectivity index (χ0v) is 24.5. The van der Waals surface area contributed by atoms with Gasteiger partial charge in [0.2, 0.25) is 5.91 Å². The number of benzene rings is 1. The number of carbonyl (C=O) groups excluding carboxylic acids is 1. The van der Waals surface area contributed by atoms with Crippen molar-refractivity contribution in [2.24, 2.45) is 5.92 Å². The van der Waals surface area contributed by atoms with Gasteiger partial charge in [0, 0.05) is 40.6 Å². The molecule has 7 rings (SSSR count). The fourth-order valence-electron chi connectivity index (χ4n) is 6.43. The number of halogens is 6. The summed E-state index contributed by atoms with van der Waals surface area (Å²) in [5.41, 5.74) is 1.86. The van der Waals surface area contributed by atoms with E-state index in [1.54, 1.807) is 12.3 Å². The fraction of sp³-hybridized carbons (Fsp3) is 0.344. The molecule has 0 spiro atoms. The molecular formula is C32H27F6N7O. The molecule has 2 N–H and O–H groups in total. The van der Waals surface area contributed by atoms with Crippen molar-refractivity contribution < 1.29 is 31.1 Å². The van der Waals surface area contributed by atoms with E-state index in [0.717, 1.165) is 17.8 Å². The van der Waals surface area contributed by atoms with Gasteiger partial charge in [0.05, 0.1) is 23.4 Å². The van der Waals surface area contributed by atoms with Crippen molar-refractivity contribution in [2.45, 2.75) is 63.5 Å². The Hall–Kier alpha value is -4.75. The van der Waals surface area contributed by atoms with Crippen molar-refractivity contribution in [1.82, 2.24) is 35.3 Å². The molecule has 14 heteroatoms. The average Bonchev–Trinajstić information content (AvgIpc) is 3.40. The van der Waals surface area contributed by atoms with Crippen LogP contribution in [0.2, 0.25) is 0 Å². The summed E-state index contributed by atoms with van der Waals surface area (Å²) in [5, 5.41) is 13.4. The van der Waals surface area contributed by atoms with E-state index in [4.69, 9.17) is 4.98 Å². The molecule has 1 saturated carbocycles.